The third kappa shape index (κ3) is 4.35. The molecule has 0 bridgehead atoms. The molecule has 0 saturated heterocycles. The zero-order valence-electron chi connectivity index (χ0n) is 14.0. The number of rotatable bonds is 7. The van der Waals surface area contributed by atoms with Crippen molar-refractivity contribution in [1.82, 2.24) is 5.32 Å². The van der Waals surface area contributed by atoms with Crippen molar-refractivity contribution in [2.75, 3.05) is 13.7 Å². The molecule has 2 N–H and O–H groups in total. The van der Waals surface area contributed by atoms with E-state index in [9.17, 15) is 14.7 Å². The Kier molecular flexibility index (Phi) is 5.98. The predicted octanol–water partition coefficient (Wildman–Crippen LogP) is 3.05. The lowest BCUT2D eigenvalue weighted by atomic mass is 9.98. The second-order valence-electron chi connectivity index (χ2n) is 5.61. The Morgan fingerprint density at radius 1 is 1.29 bits per heavy atom. The maximum atomic E-state index is 12.2. The predicted molar refractivity (Wildman–Crippen MR) is 94.0 cm³/mol. The van der Waals surface area contributed by atoms with E-state index in [1.165, 1.54) is 11.3 Å². The molecule has 6 heteroatoms. The van der Waals surface area contributed by atoms with Crippen LogP contribution in [-0.4, -0.2) is 30.6 Å². The number of nitrogens with one attached hydrogen (secondary N) is 1. The maximum Gasteiger partial charge on any atom is 0.308 e. The van der Waals surface area contributed by atoms with Crippen molar-refractivity contribution in [3.05, 3.63) is 51.2 Å². The topological polar surface area (TPSA) is 75.6 Å². The SMILES string of the molecule is COc1ccccc1CC(CNC(=O)c1cc(C)c(C)s1)C(=O)O. The number of hydrogen-bond donors (Lipinski definition) is 2. The van der Waals surface area contributed by atoms with E-state index in [0.717, 1.165) is 16.0 Å². The average molecular weight is 347 g/mol. The summed E-state index contributed by atoms with van der Waals surface area (Å²) >= 11 is 1.41. The highest BCUT2D eigenvalue weighted by Crippen LogP contribution is 2.22. The zero-order valence-corrected chi connectivity index (χ0v) is 14.8. The normalized spacial score (nSPS) is 11.8. The number of para-hydroxylation sites is 1. The third-order valence-electron chi connectivity index (χ3n) is 3.91. The van der Waals surface area contributed by atoms with E-state index in [2.05, 4.69) is 5.32 Å². The fraction of sp³-hybridized carbons (Fsp3) is 0.333. The first-order valence-corrected chi connectivity index (χ1v) is 8.44. The van der Waals surface area contributed by atoms with Gasteiger partial charge in [-0.15, -0.1) is 11.3 Å². The summed E-state index contributed by atoms with van der Waals surface area (Å²) in [6, 6.07) is 9.13. The van der Waals surface area contributed by atoms with Gasteiger partial charge in [0.05, 0.1) is 17.9 Å². The molecule has 128 valence electrons. The highest BCUT2D eigenvalue weighted by atomic mass is 32.1. The fourth-order valence-electron chi connectivity index (χ4n) is 2.37. The van der Waals surface area contributed by atoms with E-state index in [0.29, 0.717) is 17.0 Å². The molecule has 0 fully saturated rings. The molecule has 1 aromatic carbocycles. The molecule has 0 saturated carbocycles. The van der Waals surface area contributed by atoms with Crippen LogP contribution >= 0.6 is 11.3 Å². The monoisotopic (exact) mass is 347 g/mol. The van der Waals surface area contributed by atoms with Crippen LogP contribution in [0.2, 0.25) is 0 Å². The van der Waals surface area contributed by atoms with Gasteiger partial charge in [-0.1, -0.05) is 18.2 Å². The van der Waals surface area contributed by atoms with Gasteiger partial charge >= 0.3 is 5.97 Å². The minimum Gasteiger partial charge on any atom is -0.496 e. The number of aliphatic carboxylic acids is 1. The lowest BCUT2D eigenvalue weighted by molar-refractivity contribution is -0.141. The van der Waals surface area contributed by atoms with Crippen LogP contribution in [0, 0.1) is 19.8 Å². The van der Waals surface area contributed by atoms with E-state index in [1.54, 1.807) is 13.2 Å². The smallest absolute Gasteiger partial charge is 0.308 e. The highest BCUT2D eigenvalue weighted by Gasteiger charge is 2.21. The lowest BCUT2D eigenvalue weighted by Gasteiger charge is -2.15. The molecule has 1 amide bonds. The molecule has 2 rings (SSSR count). The summed E-state index contributed by atoms with van der Waals surface area (Å²) in [6.45, 7) is 3.98. The van der Waals surface area contributed by atoms with Gasteiger partial charge < -0.3 is 15.2 Å². The standard InChI is InChI=1S/C18H21NO4S/c1-11-8-16(24-12(11)2)17(20)19-10-14(18(21)22)9-13-6-4-5-7-15(13)23-3/h4-8,14H,9-10H2,1-3H3,(H,19,20)(H,21,22). The van der Waals surface area contributed by atoms with Crippen molar-refractivity contribution in [2.45, 2.75) is 20.3 Å². The van der Waals surface area contributed by atoms with Crippen molar-refractivity contribution in [1.29, 1.82) is 0 Å². The fourth-order valence-corrected chi connectivity index (χ4v) is 3.32. The van der Waals surface area contributed by atoms with Crippen molar-refractivity contribution >= 4 is 23.2 Å². The number of benzene rings is 1. The molecule has 0 spiro atoms. The van der Waals surface area contributed by atoms with Crippen LogP contribution in [-0.2, 0) is 11.2 Å². The molecule has 2 aromatic rings. The van der Waals surface area contributed by atoms with Gasteiger partial charge in [-0.25, -0.2) is 0 Å². The van der Waals surface area contributed by atoms with E-state index >= 15 is 0 Å². The highest BCUT2D eigenvalue weighted by molar-refractivity contribution is 7.14. The molecular formula is C18H21NO4S. The van der Waals surface area contributed by atoms with Crippen LogP contribution in [0.1, 0.15) is 25.7 Å². The number of thiophene rings is 1. The van der Waals surface area contributed by atoms with E-state index in [4.69, 9.17) is 4.74 Å². The molecule has 24 heavy (non-hydrogen) atoms. The number of carboxylic acid groups (broad SMARTS) is 1. The van der Waals surface area contributed by atoms with Crippen LogP contribution in [0.3, 0.4) is 0 Å². The van der Waals surface area contributed by atoms with Crippen LogP contribution < -0.4 is 10.1 Å². The Bertz CT molecular complexity index is 719. The number of carbonyl (C=O) groups is 2. The Balaban J connectivity index is 2.03. The number of carbonyl (C=O) groups excluding carboxylic acids is 1. The van der Waals surface area contributed by atoms with Gasteiger partial charge in [-0.2, -0.15) is 0 Å². The lowest BCUT2D eigenvalue weighted by Crippen LogP contribution is -2.33. The van der Waals surface area contributed by atoms with Crippen molar-refractivity contribution in [2.24, 2.45) is 5.92 Å². The largest absolute Gasteiger partial charge is 0.496 e. The van der Waals surface area contributed by atoms with Crippen molar-refractivity contribution in [3.8, 4) is 5.75 Å². The summed E-state index contributed by atoms with van der Waals surface area (Å²) in [5.41, 5.74) is 1.87. The molecule has 0 aliphatic carbocycles. The molecule has 5 nitrogen and oxygen atoms in total. The summed E-state index contributed by atoms with van der Waals surface area (Å²) in [4.78, 5) is 25.4. The molecule has 1 aromatic heterocycles. The Morgan fingerprint density at radius 3 is 2.58 bits per heavy atom. The minimum absolute atomic E-state index is 0.0716. The first kappa shape index (κ1) is 18.0. The second-order valence-corrected chi connectivity index (χ2v) is 6.87. The quantitative estimate of drug-likeness (QED) is 0.807. The van der Waals surface area contributed by atoms with Gasteiger partial charge in [-0.05, 0) is 43.5 Å². The minimum atomic E-state index is -0.945. The Hall–Kier alpha value is -2.34. The Labute approximate surface area is 145 Å². The van der Waals surface area contributed by atoms with Gasteiger partial charge in [0.25, 0.3) is 5.91 Å². The van der Waals surface area contributed by atoms with E-state index in [-0.39, 0.29) is 12.5 Å². The van der Waals surface area contributed by atoms with Crippen LogP contribution in [0.5, 0.6) is 5.75 Å². The first-order chi connectivity index (χ1) is 11.4. The number of hydrogen-bond acceptors (Lipinski definition) is 4. The van der Waals surface area contributed by atoms with Crippen LogP contribution in [0.4, 0.5) is 0 Å². The number of ether oxygens (including phenoxy) is 1. The zero-order chi connectivity index (χ0) is 17.7. The van der Waals surface area contributed by atoms with Crippen molar-refractivity contribution in [3.63, 3.8) is 0 Å². The average Bonchev–Trinajstić information content (AvgIpc) is 2.90. The molecule has 0 aliphatic heterocycles. The van der Waals surface area contributed by atoms with Gasteiger partial charge in [0.15, 0.2) is 0 Å². The summed E-state index contributed by atoms with van der Waals surface area (Å²) < 4.78 is 5.26. The summed E-state index contributed by atoms with van der Waals surface area (Å²) in [5.74, 6) is -1.24. The second kappa shape index (κ2) is 7.97. The van der Waals surface area contributed by atoms with Gasteiger partial charge in [0.1, 0.15) is 5.75 Å². The molecular weight excluding hydrogens is 326 g/mol. The first-order valence-electron chi connectivity index (χ1n) is 7.62. The van der Waals surface area contributed by atoms with Gasteiger partial charge in [0.2, 0.25) is 0 Å². The van der Waals surface area contributed by atoms with Crippen molar-refractivity contribution < 1.29 is 19.4 Å². The molecule has 0 radical (unpaired) electrons. The molecule has 1 unspecified atom stereocenters. The number of aryl methyl sites for hydroxylation is 2. The van der Waals surface area contributed by atoms with Crippen LogP contribution in [0.25, 0.3) is 0 Å². The Morgan fingerprint density at radius 2 is 2.00 bits per heavy atom. The van der Waals surface area contributed by atoms with E-state index < -0.39 is 11.9 Å². The summed E-state index contributed by atoms with van der Waals surface area (Å²) in [5, 5.41) is 12.2. The van der Waals surface area contributed by atoms with Gasteiger partial charge in [0, 0.05) is 11.4 Å². The van der Waals surface area contributed by atoms with Crippen LogP contribution in [0.15, 0.2) is 30.3 Å². The van der Waals surface area contributed by atoms with E-state index in [1.807, 2.05) is 38.1 Å². The summed E-state index contributed by atoms with van der Waals surface area (Å²) in [6.07, 6.45) is 0.294. The third-order valence-corrected chi connectivity index (χ3v) is 5.06. The number of amides is 1. The number of carboxylic acids is 1. The van der Waals surface area contributed by atoms with Gasteiger partial charge in [-0.3, -0.25) is 9.59 Å². The summed E-state index contributed by atoms with van der Waals surface area (Å²) in [7, 11) is 1.55. The molecule has 1 heterocycles. The maximum absolute atomic E-state index is 12.2. The molecule has 1 atom stereocenters. The molecule has 0 aliphatic rings. The number of methoxy groups -OCH3 is 1.